The Morgan fingerprint density at radius 3 is 2.62 bits per heavy atom. The van der Waals surface area contributed by atoms with E-state index >= 15 is 0 Å². The van der Waals surface area contributed by atoms with Gasteiger partial charge in [0, 0.05) is 40.8 Å². The number of amides is 2. The summed E-state index contributed by atoms with van der Waals surface area (Å²) in [5.41, 5.74) is 4.71. The van der Waals surface area contributed by atoms with Crippen LogP contribution in [0, 0.1) is 12.8 Å². The second-order valence-electron chi connectivity index (χ2n) is 7.45. The van der Waals surface area contributed by atoms with E-state index in [1.54, 1.807) is 18.2 Å². The van der Waals surface area contributed by atoms with Gasteiger partial charge in [-0.15, -0.1) is 0 Å². The molecule has 0 aliphatic heterocycles. The molecule has 29 heavy (non-hydrogen) atoms. The van der Waals surface area contributed by atoms with Gasteiger partial charge in [-0.05, 0) is 62.1 Å². The van der Waals surface area contributed by atoms with Gasteiger partial charge in [0.2, 0.25) is 5.91 Å². The summed E-state index contributed by atoms with van der Waals surface area (Å²) in [6.07, 6.45) is 4.36. The largest absolute Gasteiger partial charge is 0.361 e. The second kappa shape index (κ2) is 9.41. The lowest BCUT2D eigenvalue weighted by atomic mass is 10.0. The zero-order chi connectivity index (χ0) is 20.8. The fourth-order valence-corrected chi connectivity index (χ4v) is 3.55. The van der Waals surface area contributed by atoms with Crippen LogP contribution in [0.5, 0.6) is 0 Å². The molecule has 3 rings (SSSR count). The Balaban J connectivity index is 1.59. The Labute approximate surface area is 171 Å². The molecule has 0 radical (unpaired) electrons. The van der Waals surface area contributed by atoms with Gasteiger partial charge in [-0.2, -0.15) is 0 Å². The average molecular weight is 392 g/mol. The van der Waals surface area contributed by atoms with E-state index in [9.17, 15) is 9.59 Å². The normalized spacial score (nSPS) is 11.0. The highest BCUT2D eigenvalue weighted by atomic mass is 16.2. The summed E-state index contributed by atoms with van der Waals surface area (Å²) in [7, 11) is 0. The Morgan fingerprint density at radius 2 is 1.86 bits per heavy atom. The van der Waals surface area contributed by atoms with Crippen molar-refractivity contribution >= 4 is 28.4 Å². The molecule has 0 aliphatic carbocycles. The van der Waals surface area contributed by atoms with Gasteiger partial charge < -0.3 is 15.6 Å². The maximum atomic E-state index is 12.5. The summed E-state index contributed by atoms with van der Waals surface area (Å²) in [6, 6.07) is 13.4. The van der Waals surface area contributed by atoms with Crippen LogP contribution in [0.4, 0.5) is 5.69 Å². The number of anilines is 1. The first-order chi connectivity index (χ1) is 14.0. The van der Waals surface area contributed by atoms with Gasteiger partial charge in [0.25, 0.3) is 5.91 Å². The third-order valence-corrected chi connectivity index (χ3v) is 5.35. The van der Waals surface area contributed by atoms with E-state index in [4.69, 9.17) is 0 Å². The maximum absolute atomic E-state index is 12.5. The number of aryl methyl sites for hydroxylation is 1. The lowest BCUT2D eigenvalue weighted by Crippen LogP contribution is -2.26. The van der Waals surface area contributed by atoms with Crippen molar-refractivity contribution < 1.29 is 9.59 Å². The number of H-pyrrole nitrogens is 1. The molecule has 152 valence electrons. The molecule has 3 N–H and O–H groups in total. The number of rotatable bonds is 8. The van der Waals surface area contributed by atoms with Gasteiger partial charge >= 0.3 is 0 Å². The topological polar surface area (TPSA) is 74.0 Å². The molecule has 2 aromatic carbocycles. The molecular formula is C24H29N3O2. The van der Waals surface area contributed by atoms with Crippen LogP contribution in [0.25, 0.3) is 10.9 Å². The molecular weight excluding hydrogens is 362 g/mol. The van der Waals surface area contributed by atoms with Crippen LogP contribution in [0.15, 0.2) is 48.7 Å². The lowest BCUT2D eigenvalue weighted by Gasteiger charge is -2.13. The predicted molar refractivity (Wildman–Crippen MR) is 118 cm³/mol. The summed E-state index contributed by atoms with van der Waals surface area (Å²) in [5, 5.41) is 7.10. The van der Waals surface area contributed by atoms with Crippen molar-refractivity contribution in [1.29, 1.82) is 0 Å². The first kappa shape index (κ1) is 20.6. The third-order valence-electron chi connectivity index (χ3n) is 5.35. The number of nitrogens with one attached hydrogen (secondary N) is 3. The quantitative estimate of drug-likeness (QED) is 0.515. The van der Waals surface area contributed by atoms with Gasteiger partial charge in [0.1, 0.15) is 0 Å². The molecule has 0 unspecified atom stereocenters. The molecule has 5 heteroatoms. The van der Waals surface area contributed by atoms with Crippen molar-refractivity contribution in [3.8, 4) is 0 Å². The standard InChI is InChI=1S/C24H29N3O2/c1-4-17(5-2)24(29)27-20-8-6-7-18(14-20)23(28)25-12-11-19-15-26-22-10-9-16(3)13-21(19)22/h6-10,13-15,17,26H,4-5,11-12H2,1-3H3,(H,25,28)(H,27,29). The number of hydrogen-bond donors (Lipinski definition) is 3. The molecule has 1 heterocycles. The molecule has 0 atom stereocenters. The number of aromatic amines is 1. The average Bonchev–Trinajstić information content (AvgIpc) is 3.11. The summed E-state index contributed by atoms with van der Waals surface area (Å²) < 4.78 is 0. The van der Waals surface area contributed by atoms with Crippen molar-refractivity contribution in [2.24, 2.45) is 5.92 Å². The van der Waals surface area contributed by atoms with Crippen LogP contribution in [0.3, 0.4) is 0 Å². The van der Waals surface area contributed by atoms with E-state index < -0.39 is 0 Å². The number of hydrogen-bond acceptors (Lipinski definition) is 2. The van der Waals surface area contributed by atoms with Crippen LogP contribution < -0.4 is 10.6 Å². The van der Waals surface area contributed by atoms with Gasteiger partial charge in [-0.3, -0.25) is 9.59 Å². The first-order valence-corrected chi connectivity index (χ1v) is 10.3. The van der Waals surface area contributed by atoms with E-state index in [-0.39, 0.29) is 17.7 Å². The van der Waals surface area contributed by atoms with Gasteiger partial charge in [0.05, 0.1) is 0 Å². The summed E-state index contributed by atoms with van der Waals surface area (Å²) in [5.74, 6) is -0.144. The van der Waals surface area contributed by atoms with Crippen molar-refractivity contribution in [2.45, 2.75) is 40.0 Å². The van der Waals surface area contributed by atoms with E-state index in [0.717, 1.165) is 24.8 Å². The van der Waals surface area contributed by atoms with E-state index in [0.29, 0.717) is 17.8 Å². The van der Waals surface area contributed by atoms with Crippen LogP contribution in [0.2, 0.25) is 0 Å². The predicted octanol–water partition coefficient (Wildman–Crippen LogP) is 4.82. The van der Waals surface area contributed by atoms with Crippen LogP contribution in [-0.4, -0.2) is 23.3 Å². The van der Waals surface area contributed by atoms with Crippen LogP contribution >= 0.6 is 0 Å². The van der Waals surface area contributed by atoms with E-state index in [1.165, 1.54) is 16.5 Å². The second-order valence-corrected chi connectivity index (χ2v) is 7.45. The SMILES string of the molecule is CCC(CC)C(=O)Nc1cccc(C(=O)NCCc2c[nH]c3ccc(C)cc23)c1. The molecule has 1 aromatic heterocycles. The Kier molecular flexibility index (Phi) is 6.70. The minimum Gasteiger partial charge on any atom is -0.361 e. The molecule has 0 bridgehead atoms. The number of carbonyl (C=O) groups excluding carboxylic acids is 2. The highest BCUT2D eigenvalue weighted by Crippen LogP contribution is 2.20. The Hall–Kier alpha value is -3.08. The molecule has 3 aromatic rings. The monoisotopic (exact) mass is 391 g/mol. The maximum Gasteiger partial charge on any atom is 0.251 e. The van der Waals surface area contributed by atoms with E-state index in [2.05, 4.69) is 40.7 Å². The molecule has 0 saturated carbocycles. The smallest absolute Gasteiger partial charge is 0.251 e. The van der Waals surface area contributed by atoms with Crippen LogP contribution in [0.1, 0.15) is 48.2 Å². The number of aromatic nitrogens is 1. The molecule has 0 spiro atoms. The zero-order valence-corrected chi connectivity index (χ0v) is 17.3. The fraction of sp³-hybridized carbons (Fsp3) is 0.333. The summed E-state index contributed by atoms with van der Waals surface area (Å²) in [6.45, 7) is 6.64. The molecule has 0 fully saturated rings. The molecule has 5 nitrogen and oxygen atoms in total. The first-order valence-electron chi connectivity index (χ1n) is 10.3. The summed E-state index contributed by atoms with van der Waals surface area (Å²) in [4.78, 5) is 28.1. The lowest BCUT2D eigenvalue weighted by molar-refractivity contribution is -0.120. The molecule has 2 amide bonds. The zero-order valence-electron chi connectivity index (χ0n) is 17.3. The molecule has 0 aliphatic rings. The van der Waals surface area contributed by atoms with Crippen molar-refractivity contribution in [1.82, 2.24) is 10.3 Å². The molecule has 0 saturated heterocycles. The summed E-state index contributed by atoms with van der Waals surface area (Å²) >= 11 is 0. The van der Waals surface area contributed by atoms with Gasteiger partial charge in [0.15, 0.2) is 0 Å². The Bertz CT molecular complexity index is 1000. The van der Waals surface area contributed by atoms with Gasteiger partial charge in [-0.1, -0.05) is 31.5 Å². The van der Waals surface area contributed by atoms with Crippen LogP contribution in [-0.2, 0) is 11.2 Å². The number of carbonyl (C=O) groups is 2. The minimum atomic E-state index is -0.139. The van der Waals surface area contributed by atoms with Crippen molar-refractivity contribution in [3.05, 3.63) is 65.4 Å². The Morgan fingerprint density at radius 1 is 1.07 bits per heavy atom. The third kappa shape index (κ3) is 5.05. The minimum absolute atomic E-state index is 0.00203. The fourth-order valence-electron chi connectivity index (χ4n) is 3.55. The van der Waals surface area contributed by atoms with Gasteiger partial charge in [-0.25, -0.2) is 0 Å². The van der Waals surface area contributed by atoms with Crippen molar-refractivity contribution in [2.75, 3.05) is 11.9 Å². The van der Waals surface area contributed by atoms with Crippen molar-refractivity contribution in [3.63, 3.8) is 0 Å². The number of fused-ring (bicyclic) bond motifs is 1. The number of benzene rings is 2. The highest BCUT2D eigenvalue weighted by Gasteiger charge is 2.15. The highest BCUT2D eigenvalue weighted by molar-refractivity contribution is 5.97. The van der Waals surface area contributed by atoms with E-state index in [1.807, 2.05) is 26.1 Å².